The number of nitrogens with zero attached hydrogens (tertiary/aromatic N) is 3. The molecule has 2 aromatic heterocycles. The monoisotopic (exact) mass is 395 g/mol. The number of allylic oxidation sites excluding steroid dienone is 1. The molecule has 1 aliphatic carbocycles. The van der Waals surface area contributed by atoms with Gasteiger partial charge in [0.1, 0.15) is 5.82 Å². The number of fused-ring (bicyclic) bond motifs is 1. The van der Waals surface area contributed by atoms with Gasteiger partial charge in [-0.1, -0.05) is 12.1 Å². The molecule has 1 atom stereocenters. The number of nitrogen functional groups attached to an aromatic ring is 1. The van der Waals surface area contributed by atoms with Crippen LogP contribution in [0.3, 0.4) is 0 Å². The maximum Gasteiger partial charge on any atom is 0.220 e. The maximum absolute atomic E-state index is 14.4. The zero-order valence-corrected chi connectivity index (χ0v) is 15.9. The maximum atomic E-state index is 14.4. The molecule has 4 rings (SSSR count). The van der Waals surface area contributed by atoms with Gasteiger partial charge >= 0.3 is 0 Å². The summed E-state index contributed by atoms with van der Waals surface area (Å²) in [4.78, 5) is 17.4. The Balaban J connectivity index is 1.88. The molecule has 0 amide bonds. The molecule has 3 aromatic rings. The van der Waals surface area contributed by atoms with Crippen LogP contribution in [0.2, 0.25) is 0 Å². The van der Waals surface area contributed by atoms with Crippen LogP contribution in [0.15, 0.2) is 42.6 Å². The molecule has 0 spiro atoms. The van der Waals surface area contributed by atoms with E-state index in [4.69, 9.17) is 10.6 Å². The molecular formula is C21H19F2N5O. The second kappa shape index (κ2) is 7.56. The second-order valence-electron chi connectivity index (χ2n) is 6.76. The molecule has 0 aliphatic heterocycles. The standard InChI is InChI=1S/C21H19F2N5O/c1-11-19-17(27-21(24)26-11)8-12(9-18(19)28-29-2)14-6-5-13(22)10-16(14)15-4-3-7-25-20(15)23/h3-7,9-10,12,28H,8H2,1-2H3,(H2,24,26,27)/t12-/m1/s1. The SMILES string of the molecule is CONC1=C[C@H](c2ccc(F)cc2-c2cccnc2F)Cc2nc(N)nc(C)c21. The number of aryl methyl sites for hydroxylation is 1. The smallest absolute Gasteiger partial charge is 0.220 e. The lowest BCUT2D eigenvalue weighted by Crippen LogP contribution is -2.22. The summed E-state index contributed by atoms with van der Waals surface area (Å²) < 4.78 is 28.4. The fourth-order valence-corrected chi connectivity index (χ4v) is 3.77. The van der Waals surface area contributed by atoms with Crippen LogP contribution >= 0.6 is 0 Å². The molecule has 29 heavy (non-hydrogen) atoms. The van der Waals surface area contributed by atoms with Crippen LogP contribution in [0.1, 0.15) is 28.4 Å². The summed E-state index contributed by atoms with van der Waals surface area (Å²) in [6.45, 7) is 1.84. The minimum absolute atomic E-state index is 0.177. The largest absolute Gasteiger partial charge is 0.368 e. The van der Waals surface area contributed by atoms with E-state index >= 15 is 0 Å². The zero-order chi connectivity index (χ0) is 20.5. The number of pyridine rings is 1. The number of hydrogen-bond acceptors (Lipinski definition) is 6. The van der Waals surface area contributed by atoms with Crippen molar-refractivity contribution in [2.24, 2.45) is 0 Å². The molecule has 1 aliphatic rings. The second-order valence-corrected chi connectivity index (χ2v) is 6.76. The highest BCUT2D eigenvalue weighted by Crippen LogP contribution is 2.39. The van der Waals surface area contributed by atoms with Gasteiger partial charge in [0.2, 0.25) is 11.9 Å². The van der Waals surface area contributed by atoms with E-state index < -0.39 is 11.8 Å². The Labute approximate surface area is 166 Å². The predicted octanol–water partition coefficient (Wildman–Crippen LogP) is 3.54. The molecule has 8 heteroatoms. The van der Waals surface area contributed by atoms with Gasteiger partial charge in [0.25, 0.3) is 0 Å². The van der Waals surface area contributed by atoms with Crippen molar-refractivity contribution in [1.82, 2.24) is 20.4 Å². The topological polar surface area (TPSA) is 86.0 Å². The number of nitrogens with one attached hydrogen (secondary N) is 1. The van der Waals surface area contributed by atoms with Crippen molar-refractivity contribution in [2.45, 2.75) is 19.3 Å². The van der Waals surface area contributed by atoms with E-state index in [0.29, 0.717) is 17.7 Å². The molecule has 0 unspecified atom stereocenters. The third-order valence-corrected chi connectivity index (χ3v) is 4.91. The van der Waals surface area contributed by atoms with Crippen LogP contribution < -0.4 is 11.2 Å². The van der Waals surface area contributed by atoms with Crippen molar-refractivity contribution in [3.63, 3.8) is 0 Å². The van der Waals surface area contributed by atoms with E-state index in [0.717, 1.165) is 22.5 Å². The van der Waals surface area contributed by atoms with Gasteiger partial charge in [-0.15, -0.1) is 0 Å². The third kappa shape index (κ3) is 3.54. The average Bonchev–Trinajstić information content (AvgIpc) is 2.67. The summed E-state index contributed by atoms with van der Waals surface area (Å²) in [5.74, 6) is -1.15. The molecule has 148 valence electrons. The molecule has 3 N–H and O–H groups in total. The lowest BCUT2D eigenvalue weighted by molar-refractivity contribution is 0.136. The summed E-state index contributed by atoms with van der Waals surface area (Å²) in [6.07, 6.45) is 3.80. The number of rotatable bonds is 4. The Morgan fingerprint density at radius 3 is 2.76 bits per heavy atom. The predicted molar refractivity (Wildman–Crippen MR) is 105 cm³/mol. The van der Waals surface area contributed by atoms with Gasteiger partial charge in [0.15, 0.2) is 0 Å². The fraction of sp³-hybridized carbons (Fsp3) is 0.190. The lowest BCUT2D eigenvalue weighted by Gasteiger charge is -2.26. The van der Waals surface area contributed by atoms with E-state index in [-0.39, 0.29) is 17.4 Å². The van der Waals surface area contributed by atoms with E-state index in [2.05, 4.69) is 20.4 Å². The Bertz CT molecular complexity index is 1120. The van der Waals surface area contributed by atoms with Gasteiger partial charge in [-0.05, 0) is 42.3 Å². The first-order chi connectivity index (χ1) is 14.0. The van der Waals surface area contributed by atoms with E-state index in [1.54, 1.807) is 18.2 Å². The van der Waals surface area contributed by atoms with Crippen LogP contribution in [0.4, 0.5) is 14.7 Å². The minimum atomic E-state index is -0.655. The number of hydrogen-bond donors (Lipinski definition) is 2. The molecule has 1 aromatic carbocycles. The van der Waals surface area contributed by atoms with E-state index in [9.17, 15) is 8.78 Å². The number of nitrogens with two attached hydrogens (primary N) is 1. The van der Waals surface area contributed by atoms with Gasteiger partial charge in [-0.2, -0.15) is 4.39 Å². The molecule has 0 saturated carbocycles. The fourth-order valence-electron chi connectivity index (χ4n) is 3.77. The molecule has 0 bridgehead atoms. The summed E-state index contributed by atoms with van der Waals surface area (Å²) in [7, 11) is 1.51. The Morgan fingerprint density at radius 1 is 1.17 bits per heavy atom. The quantitative estimate of drug-likeness (QED) is 0.519. The first kappa shape index (κ1) is 18.9. The van der Waals surface area contributed by atoms with Gasteiger partial charge < -0.3 is 5.73 Å². The van der Waals surface area contributed by atoms with E-state index in [1.165, 1.54) is 25.4 Å². The Hall–Kier alpha value is -3.39. The zero-order valence-electron chi connectivity index (χ0n) is 15.9. The van der Waals surface area contributed by atoms with Crippen LogP contribution in [-0.4, -0.2) is 22.1 Å². The van der Waals surface area contributed by atoms with Crippen molar-refractivity contribution in [3.05, 3.63) is 76.9 Å². The number of anilines is 1. The molecule has 6 nitrogen and oxygen atoms in total. The van der Waals surface area contributed by atoms with Crippen molar-refractivity contribution < 1.29 is 13.6 Å². The summed E-state index contributed by atoms with van der Waals surface area (Å²) in [6, 6.07) is 7.54. The Morgan fingerprint density at radius 2 is 2.00 bits per heavy atom. The highest BCUT2D eigenvalue weighted by molar-refractivity contribution is 5.74. The van der Waals surface area contributed by atoms with Gasteiger partial charge in [0.05, 0.1) is 24.2 Å². The molecular weight excluding hydrogens is 376 g/mol. The molecule has 0 saturated heterocycles. The lowest BCUT2D eigenvalue weighted by atomic mass is 9.82. The van der Waals surface area contributed by atoms with Gasteiger partial charge in [0, 0.05) is 29.7 Å². The number of hydroxylamine groups is 1. The van der Waals surface area contributed by atoms with Crippen molar-refractivity contribution in [1.29, 1.82) is 0 Å². The van der Waals surface area contributed by atoms with Crippen molar-refractivity contribution in [3.8, 4) is 11.1 Å². The highest BCUT2D eigenvalue weighted by atomic mass is 19.1. The number of halogens is 2. The number of benzene rings is 1. The van der Waals surface area contributed by atoms with Crippen LogP contribution in [0.25, 0.3) is 16.8 Å². The minimum Gasteiger partial charge on any atom is -0.368 e. The first-order valence-electron chi connectivity index (χ1n) is 9.02. The van der Waals surface area contributed by atoms with Crippen LogP contribution in [0.5, 0.6) is 0 Å². The van der Waals surface area contributed by atoms with Gasteiger partial charge in [-0.25, -0.2) is 19.3 Å². The number of aromatic nitrogens is 3. The summed E-state index contributed by atoms with van der Waals surface area (Å²) in [5.41, 5.74) is 13.1. The highest BCUT2D eigenvalue weighted by Gasteiger charge is 2.27. The van der Waals surface area contributed by atoms with Crippen LogP contribution in [0, 0.1) is 18.7 Å². The molecule has 0 radical (unpaired) electrons. The van der Waals surface area contributed by atoms with Crippen molar-refractivity contribution in [2.75, 3.05) is 12.8 Å². The third-order valence-electron chi connectivity index (χ3n) is 4.91. The Kier molecular flexibility index (Phi) is 4.94. The van der Waals surface area contributed by atoms with E-state index in [1.807, 2.05) is 13.0 Å². The average molecular weight is 395 g/mol. The van der Waals surface area contributed by atoms with Crippen LogP contribution in [-0.2, 0) is 11.3 Å². The molecule has 2 heterocycles. The summed E-state index contributed by atoms with van der Waals surface area (Å²) >= 11 is 0. The van der Waals surface area contributed by atoms with Gasteiger partial charge in [-0.3, -0.25) is 10.3 Å². The normalized spacial score (nSPS) is 15.6. The van der Waals surface area contributed by atoms with Crippen molar-refractivity contribution >= 4 is 11.6 Å². The summed E-state index contributed by atoms with van der Waals surface area (Å²) in [5, 5.41) is 0. The molecule has 0 fully saturated rings. The first-order valence-corrected chi connectivity index (χ1v) is 9.02.